The van der Waals surface area contributed by atoms with E-state index in [1.807, 2.05) is 13.8 Å². The average molecular weight is 211 g/mol. The maximum absolute atomic E-state index is 12.5. The van der Waals surface area contributed by atoms with E-state index in [9.17, 15) is 9.18 Å². The smallest absolute Gasteiger partial charge is 0.258 e. The maximum atomic E-state index is 12.5. The molecule has 15 heavy (non-hydrogen) atoms. The molecule has 0 aliphatic heterocycles. The molecule has 0 spiro atoms. The first-order chi connectivity index (χ1) is 7.08. The summed E-state index contributed by atoms with van der Waals surface area (Å²) in [5.41, 5.74) is 0. The van der Waals surface area contributed by atoms with Gasteiger partial charge in [-0.25, -0.2) is 4.39 Å². The largest absolute Gasteiger partial charge is 0.484 e. The highest BCUT2D eigenvalue weighted by molar-refractivity contribution is 5.77. The van der Waals surface area contributed by atoms with Crippen LogP contribution in [-0.2, 0) is 4.79 Å². The lowest BCUT2D eigenvalue weighted by Gasteiger charge is -2.09. The maximum Gasteiger partial charge on any atom is 0.258 e. The first kappa shape index (κ1) is 11.5. The van der Waals surface area contributed by atoms with Crippen molar-refractivity contribution in [2.24, 2.45) is 0 Å². The van der Waals surface area contributed by atoms with E-state index in [0.717, 1.165) is 0 Å². The first-order valence-electron chi connectivity index (χ1n) is 4.75. The van der Waals surface area contributed by atoms with Gasteiger partial charge >= 0.3 is 0 Å². The van der Waals surface area contributed by atoms with Crippen LogP contribution in [-0.4, -0.2) is 18.6 Å². The number of hydrogen-bond acceptors (Lipinski definition) is 2. The molecule has 0 saturated carbocycles. The van der Waals surface area contributed by atoms with Crippen LogP contribution in [0.1, 0.15) is 13.8 Å². The van der Waals surface area contributed by atoms with Crippen molar-refractivity contribution in [3.05, 3.63) is 30.1 Å². The Morgan fingerprint density at radius 1 is 1.40 bits per heavy atom. The minimum Gasteiger partial charge on any atom is -0.484 e. The molecule has 1 aromatic rings. The number of amides is 1. The van der Waals surface area contributed by atoms with Crippen LogP contribution in [0.5, 0.6) is 5.75 Å². The Balaban J connectivity index is 2.37. The van der Waals surface area contributed by atoms with E-state index < -0.39 is 0 Å². The van der Waals surface area contributed by atoms with Crippen LogP contribution in [0.2, 0.25) is 0 Å². The molecule has 1 rings (SSSR count). The average Bonchev–Trinajstić information content (AvgIpc) is 2.16. The fraction of sp³-hybridized carbons (Fsp3) is 0.364. The number of halogens is 1. The Hall–Kier alpha value is -1.58. The molecule has 1 aromatic carbocycles. The van der Waals surface area contributed by atoms with Crippen LogP contribution in [0.3, 0.4) is 0 Å². The normalized spacial score (nSPS) is 10.1. The quantitative estimate of drug-likeness (QED) is 0.823. The van der Waals surface area contributed by atoms with E-state index in [1.165, 1.54) is 24.3 Å². The van der Waals surface area contributed by atoms with Gasteiger partial charge in [0.25, 0.3) is 5.91 Å². The second kappa shape index (κ2) is 5.34. The van der Waals surface area contributed by atoms with Crippen LogP contribution in [0, 0.1) is 5.82 Å². The third-order valence-corrected chi connectivity index (χ3v) is 1.63. The standard InChI is InChI=1S/C11H14FNO2/c1-8(2)13-11(14)7-15-10-5-3-9(12)4-6-10/h3-6,8H,7H2,1-2H3,(H,13,14). The highest BCUT2D eigenvalue weighted by atomic mass is 19.1. The van der Waals surface area contributed by atoms with Gasteiger partial charge in [-0.05, 0) is 38.1 Å². The van der Waals surface area contributed by atoms with Gasteiger partial charge in [0.15, 0.2) is 6.61 Å². The van der Waals surface area contributed by atoms with Crippen molar-refractivity contribution in [1.82, 2.24) is 5.32 Å². The fourth-order valence-corrected chi connectivity index (χ4v) is 1.04. The number of hydrogen-bond donors (Lipinski definition) is 1. The van der Waals surface area contributed by atoms with Crippen molar-refractivity contribution < 1.29 is 13.9 Å². The minimum absolute atomic E-state index is 0.0518. The molecule has 0 bridgehead atoms. The van der Waals surface area contributed by atoms with Crippen LogP contribution in [0.25, 0.3) is 0 Å². The van der Waals surface area contributed by atoms with Gasteiger partial charge in [-0.1, -0.05) is 0 Å². The van der Waals surface area contributed by atoms with Crippen molar-refractivity contribution in [1.29, 1.82) is 0 Å². The zero-order valence-corrected chi connectivity index (χ0v) is 8.79. The second-order valence-corrected chi connectivity index (χ2v) is 3.46. The van der Waals surface area contributed by atoms with Gasteiger partial charge in [-0.3, -0.25) is 4.79 Å². The molecule has 0 fully saturated rings. The van der Waals surface area contributed by atoms with Gasteiger partial charge < -0.3 is 10.1 Å². The van der Waals surface area contributed by atoms with Gasteiger partial charge in [-0.15, -0.1) is 0 Å². The lowest BCUT2D eigenvalue weighted by Crippen LogP contribution is -2.34. The highest BCUT2D eigenvalue weighted by Gasteiger charge is 2.03. The fourth-order valence-electron chi connectivity index (χ4n) is 1.04. The summed E-state index contributed by atoms with van der Waals surface area (Å²) in [5, 5.41) is 2.69. The molecule has 1 amide bonds. The lowest BCUT2D eigenvalue weighted by atomic mass is 10.3. The van der Waals surface area contributed by atoms with Crippen molar-refractivity contribution in [2.45, 2.75) is 19.9 Å². The molecule has 3 nitrogen and oxygen atoms in total. The summed E-state index contributed by atoms with van der Waals surface area (Å²) in [7, 11) is 0. The van der Waals surface area contributed by atoms with Crippen molar-refractivity contribution >= 4 is 5.91 Å². The summed E-state index contributed by atoms with van der Waals surface area (Å²) in [6.45, 7) is 3.69. The van der Waals surface area contributed by atoms with E-state index in [0.29, 0.717) is 5.75 Å². The van der Waals surface area contributed by atoms with Crippen LogP contribution >= 0.6 is 0 Å². The number of nitrogens with one attached hydrogen (secondary N) is 1. The van der Waals surface area contributed by atoms with E-state index in [1.54, 1.807) is 0 Å². The number of rotatable bonds is 4. The molecule has 1 N–H and O–H groups in total. The Kier molecular flexibility index (Phi) is 4.09. The predicted molar refractivity (Wildman–Crippen MR) is 55.2 cm³/mol. The molecule has 0 aliphatic rings. The molecule has 0 radical (unpaired) electrons. The van der Waals surface area contributed by atoms with Crippen molar-refractivity contribution in [3.8, 4) is 5.75 Å². The lowest BCUT2D eigenvalue weighted by molar-refractivity contribution is -0.123. The molecular weight excluding hydrogens is 197 g/mol. The Morgan fingerprint density at radius 3 is 2.53 bits per heavy atom. The molecule has 0 atom stereocenters. The van der Waals surface area contributed by atoms with Gasteiger partial charge in [0.2, 0.25) is 0 Å². The number of carbonyl (C=O) groups excluding carboxylic acids is 1. The number of benzene rings is 1. The highest BCUT2D eigenvalue weighted by Crippen LogP contribution is 2.10. The third-order valence-electron chi connectivity index (χ3n) is 1.63. The van der Waals surface area contributed by atoms with Gasteiger partial charge in [0.1, 0.15) is 11.6 Å². The molecule has 0 aromatic heterocycles. The minimum atomic E-state index is -0.325. The summed E-state index contributed by atoms with van der Waals surface area (Å²) >= 11 is 0. The van der Waals surface area contributed by atoms with Gasteiger partial charge in [0, 0.05) is 6.04 Å². The Bertz CT molecular complexity index is 322. The summed E-state index contributed by atoms with van der Waals surface area (Å²) in [5.74, 6) is -0.0291. The van der Waals surface area contributed by atoms with E-state index in [-0.39, 0.29) is 24.4 Å². The summed E-state index contributed by atoms with van der Waals surface area (Å²) in [6, 6.07) is 5.63. The molecular formula is C11H14FNO2. The SMILES string of the molecule is CC(C)NC(=O)COc1ccc(F)cc1. The van der Waals surface area contributed by atoms with Gasteiger partial charge in [-0.2, -0.15) is 0 Å². The zero-order valence-electron chi connectivity index (χ0n) is 8.79. The third kappa shape index (κ3) is 4.44. The molecule has 0 heterocycles. The summed E-state index contributed by atoms with van der Waals surface area (Å²) in [6.07, 6.45) is 0. The first-order valence-corrected chi connectivity index (χ1v) is 4.75. The van der Waals surface area contributed by atoms with Gasteiger partial charge in [0.05, 0.1) is 0 Å². The predicted octanol–water partition coefficient (Wildman–Crippen LogP) is 1.73. The monoisotopic (exact) mass is 211 g/mol. The number of ether oxygens (including phenoxy) is 1. The molecule has 82 valence electrons. The molecule has 0 unspecified atom stereocenters. The van der Waals surface area contributed by atoms with Crippen molar-refractivity contribution in [2.75, 3.05) is 6.61 Å². The van der Waals surface area contributed by atoms with Crippen LogP contribution < -0.4 is 10.1 Å². The Morgan fingerprint density at radius 2 is 2.00 bits per heavy atom. The van der Waals surface area contributed by atoms with Crippen LogP contribution in [0.15, 0.2) is 24.3 Å². The molecule has 0 aliphatic carbocycles. The van der Waals surface area contributed by atoms with E-state index in [2.05, 4.69) is 5.32 Å². The molecule has 0 saturated heterocycles. The topological polar surface area (TPSA) is 38.3 Å². The van der Waals surface area contributed by atoms with E-state index >= 15 is 0 Å². The Labute approximate surface area is 88.2 Å². The summed E-state index contributed by atoms with van der Waals surface area (Å²) < 4.78 is 17.7. The van der Waals surface area contributed by atoms with Crippen LogP contribution in [0.4, 0.5) is 4.39 Å². The second-order valence-electron chi connectivity index (χ2n) is 3.46. The zero-order chi connectivity index (χ0) is 11.3. The van der Waals surface area contributed by atoms with Crippen molar-refractivity contribution in [3.63, 3.8) is 0 Å². The molecule has 4 heteroatoms. The van der Waals surface area contributed by atoms with E-state index in [4.69, 9.17) is 4.74 Å². The summed E-state index contributed by atoms with van der Waals surface area (Å²) in [4.78, 5) is 11.2. The number of carbonyl (C=O) groups is 1.